The summed E-state index contributed by atoms with van der Waals surface area (Å²) in [5.74, 6) is -0.243. The van der Waals surface area contributed by atoms with Crippen LogP contribution in [0.2, 0.25) is 0 Å². The Morgan fingerprint density at radius 3 is 1.70 bits per heavy atom. The number of ether oxygens (including phenoxy) is 2. The highest BCUT2D eigenvalue weighted by molar-refractivity contribution is 5.81. The van der Waals surface area contributed by atoms with Gasteiger partial charge in [0.05, 0.1) is 12.2 Å². The van der Waals surface area contributed by atoms with Crippen LogP contribution in [0.5, 0.6) is 0 Å². The van der Waals surface area contributed by atoms with Gasteiger partial charge in [-0.1, -0.05) is 84.1 Å². The van der Waals surface area contributed by atoms with Crippen LogP contribution >= 0.6 is 0 Å². The van der Waals surface area contributed by atoms with E-state index in [9.17, 15) is 9.59 Å². The van der Waals surface area contributed by atoms with Crippen LogP contribution in [0.15, 0.2) is 12.2 Å². The van der Waals surface area contributed by atoms with Crippen LogP contribution < -0.4 is 0 Å². The Morgan fingerprint density at radius 1 is 0.700 bits per heavy atom. The highest BCUT2D eigenvalue weighted by atomic mass is 16.5. The Labute approximate surface area is 186 Å². The summed E-state index contributed by atoms with van der Waals surface area (Å²) in [6.07, 6.45) is 21.2. The second-order valence-corrected chi connectivity index (χ2v) is 8.60. The maximum absolute atomic E-state index is 11.7. The fourth-order valence-corrected chi connectivity index (χ4v) is 3.58. The average molecular weight is 425 g/mol. The fraction of sp³-hybridized carbons (Fsp3) is 0.846. The molecule has 0 heterocycles. The molecule has 0 aliphatic rings. The molecule has 176 valence electrons. The number of rotatable bonds is 20. The molecule has 0 N–H and O–H groups in total. The summed E-state index contributed by atoms with van der Waals surface area (Å²) >= 11 is 0. The Bertz CT molecular complexity index is 444. The van der Waals surface area contributed by atoms with Crippen molar-refractivity contribution in [3.8, 4) is 0 Å². The Hall–Kier alpha value is -1.32. The van der Waals surface area contributed by atoms with Crippen LogP contribution in [0, 0.1) is 0 Å². The molecule has 0 rings (SSSR count). The monoisotopic (exact) mass is 424 g/mol. The second-order valence-electron chi connectivity index (χ2n) is 8.60. The Balaban J connectivity index is 3.36. The summed E-state index contributed by atoms with van der Waals surface area (Å²) < 4.78 is 10.7. The van der Waals surface area contributed by atoms with Crippen molar-refractivity contribution in [2.45, 2.75) is 143 Å². The van der Waals surface area contributed by atoms with Crippen molar-refractivity contribution in [1.29, 1.82) is 0 Å². The molecule has 0 saturated heterocycles. The summed E-state index contributed by atoms with van der Waals surface area (Å²) in [6, 6.07) is 0. The van der Waals surface area contributed by atoms with E-state index in [1.165, 1.54) is 44.9 Å². The lowest BCUT2D eigenvalue weighted by Crippen LogP contribution is -2.14. The lowest BCUT2D eigenvalue weighted by molar-refractivity contribution is -0.148. The standard InChI is InChI=1S/C26H48O4/c1-5-19-23(3)29-25(27)21-17-15-13-11-9-7-8-10-12-14-16-18-22-26(28)30-24(4)20-6-2/h17,21,23-24H,5-16,18-20,22H2,1-4H3/b21-17+. The zero-order chi connectivity index (χ0) is 22.5. The summed E-state index contributed by atoms with van der Waals surface area (Å²) in [5, 5.41) is 0. The van der Waals surface area contributed by atoms with E-state index in [2.05, 4.69) is 13.8 Å². The van der Waals surface area contributed by atoms with Crippen LogP contribution in [-0.2, 0) is 19.1 Å². The molecule has 0 aliphatic carbocycles. The van der Waals surface area contributed by atoms with E-state index in [1.807, 2.05) is 19.9 Å². The molecule has 0 aromatic carbocycles. The summed E-state index contributed by atoms with van der Waals surface area (Å²) in [4.78, 5) is 23.3. The van der Waals surface area contributed by atoms with Crippen LogP contribution in [0.1, 0.15) is 130 Å². The minimum absolute atomic E-state index is 0.0167. The normalized spacial score (nSPS) is 13.3. The molecule has 0 amide bonds. The van der Waals surface area contributed by atoms with E-state index in [1.54, 1.807) is 6.08 Å². The topological polar surface area (TPSA) is 52.6 Å². The molecule has 2 atom stereocenters. The number of carbonyl (C=O) groups is 2. The van der Waals surface area contributed by atoms with Gasteiger partial charge in [0, 0.05) is 12.5 Å². The third kappa shape index (κ3) is 20.0. The summed E-state index contributed by atoms with van der Waals surface area (Å²) in [7, 11) is 0. The van der Waals surface area contributed by atoms with Gasteiger partial charge in [-0.3, -0.25) is 4.79 Å². The molecular formula is C26H48O4. The molecule has 0 aromatic heterocycles. The Kier molecular flexibility index (Phi) is 20.0. The first-order valence-corrected chi connectivity index (χ1v) is 12.6. The average Bonchev–Trinajstić information content (AvgIpc) is 2.68. The lowest BCUT2D eigenvalue weighted by Gasteiger charge is -2.11. The lowest BCUT2D eigenvalue weighted by atomic mass is 10.1. The third-order valence-corrected chi connectivity index (χ3v) is 5.30. The Morgan fingerprint density at radius 2 is 1.17 bits per heavy atom. The van der Waals surface area contributed by atoms with Gasteiger partial charge in [0.15, 0.2) is 0 Å². The van der Waals surface area contributed by atoms with Crippen molar-refractivity contribution in [2.75, 3.05) is 0 Å². The van der Waals surface area contributed by atoms with Crippen LogP contribution in [0.3, 0.4) is 0 Å². The predicted molar refractivity (Wildman–Crippen MR) is 125 cm³/mol. The molecule has 4 nitrogen and oxygen atoms in total. The zero-order valence-electron chi connectivity index (χ0n) is 20.3. The van der Waals surface area contributed by atoms with E-state index >= 15 is 0 Å². The van der Waals surface area contributed by atoms with E-state index in [4.69, 9.17) is 9.47 Å². The predicted octanol–water partition coefficient (Wildman–Crippen LogP) is 7.69. The highest BCUT2D eigenvalue weighted by Crippen LogP contribution is 2.13. The number of hydrogen-bond donors (Lipinski definition) is 0. The molecule has 0 aliphatic heterocycles. The van der Waals surface area contributed by atoms with Crippen molar-refractivity contribution in [2.24, 2.45) is 0 Å². The van der Waals surface area contributed by atoms with Crippen molar-refractivity contribution >= 4 is 11.9 Å². The third-order valence-electron chi connectivity index (χ3n) is 5.30. The molecule has 0 aromatic rings. The van der Waals surface area contributed by atoms with E-state index in [0.717, 1.165) is 51.4 Å². The molecular weight excluding hydrogens is 376 g/mol. The maximum Gasteiger partial charge on any atom is 0.330 e. The molecule has 0 bridgehead atoms. The molecule has 0 saturated carbocycles. The van der Waals surface area contributed by atoms with E-state index < -0.39 is 0 Å². The van der Waals surface area contributed by atoms with Gasteiger partial charge in [0.25, 0.3) is 0 Å². The molecule has 2 unspecified atom stereocenters. The van der Waals surface area contributed by atoms with Gasteiger partial charge in [-0.25, -0.2) is 4.79 Å². The quantitative estimate of drug-likeness (QED) is 0.114. The number of allylic oxidation sites excluding steroid dienone is 1. The van der Waals surface area contributed by atoms with Gasteiger partial charge in [-0.05, 0) is 46.0 Å². The van der Waals surface area contributed by atoms with Crippen molar-refractivity contribution in [3.63, 3.8) is 0 Å². The first kappa shape index (κ1) is 28.7. The minimum atomic E-state index is -0.209. The zero-order valence-corrected chi connectivity index (χ0v) is 20.3. The number of unbranched alkanes of at least 4 members (excludes halogenated alkanes) is 10. The number of esters is 2. The molecule has 30 heavy (non-hydrogen) atoms. The van der Waals surface area contributed by atoms with Crippen LogP contribution in [0.25, 0.3) is 0 Å². The molecule has 0 radical (unpaired) electrons. The minimum Gasteiger partial charge on any atom is -0.463 e. The first-order valence-electron chi connectivity index (χ1n) is 12.6. The molecule has 4 heteroatoms. The highest BCUT2D eigenvalue weighted by Gasteiger charge is 2.08. The fourth-order valence-electron chi connectivity index (χ4n) is 3.58. The van der Waals surface area contributed by atoms with Crippen molar-refractivity contribution < 1.29 is 19.1 Å². The van der Waals surface area contributed by atoms with E-state index in [-0.39, 0.29) is 24.1 Å². The van der Waals surface area contributed by atoms with Gasteiger partial charge >= 0.3 is 11.9 Å². The van der Waals surface area contributed by atoms with Gasteiger partial charge in [0.2, 0.25) is 0 Å². The molecule has 0 spiro atoms. The van der Waals surface area contributed by atoms with Crippen LogP contribution in [0.4, 0.5) is 0 Å². The van der Waals surface area contributed by atoms with Crippen LogP contribution in [-0.4, -0.2) is 24.1 Å². The smallest absolute Gasteiger partial charge is 0.330 e. The second kappa shape index (κ2) is 20.9. The van der Waals surface area contributed by atoms with Gasteiger partial charge in [-0.15, -0.1) is 0 Å². The SMILES string of the molecule is CCCC(C)OC(=O)/C=C/CCCCCCCCCCCCC(=O)OC(C)CCC. The first-order chi connectivity index (χ1) is 14.5. The van der Waals surface area contributed by atoms with Crippen molar-refractivity contribution in [3.05, 3.63) is 12.2 Å². The summed E-state index contributed by atoms with van der Waals surface area (Å²) in [6.45, 7) is 8.13. The van der Waals surface area contributed by atoms with Crippen molar-refractivity contribution in [1.82, 2.24) is 0 Å². The van der Waals surface area contributed by atoms with Gasteiger partial charge in [-0.2, -0.15) is 0 Å². The number of carbonyl (C=O) groups excluding carboxylic acids is 2. The largest absolute Gasteiger partial charge is 0.463 e. The van der Waals surface area contributed by atoms with Gasteiger partial charge < -0.3 is 9.47 Å². The van der Waals surface area contributed by atoms with E-state index in [0.29, 0.717) is 6.42 Å². The number of hydrogen-bond acceptors (Lipinski definition) is 4. The summed E-state index contributed by atoms with van der Waals surface area (Å²) in [5.41, 5.74) is 0. The van der Waals surface area contributed by atoms with Gasteiger partial charge in [0.1, 0.15) is 0 Å². The maximum atomic E-state index is 11.7. The molecule has 0 fully saturated rings.